The molecule has 2 heteroatoms. The summed E-state index contributed by atoms with van der Waals surface area (Å²) in [4.78, 5) is 2.70. The van der Waals surface area contributed by atoms with Crippen molar-refractivity contribution in [1.29, 1.82) is 0 Å². The second-order valence-electron chi connectivity index (χ2n) is 5.81. The third-order valence-corrected chi connectivity index (χ3v) is 6.05. The minimum atomic E-state index is 1.07. The van der Waals surface area contributed by atoms with Gasteiger partial charge in [-0.3, -0.25) is 0 Å². The third-order valence-electron chi connectivity index (χ3n) is 4.22. The molecular formula is C22H18S2. The minimum absolute atomic E-state index is 1.07. The molecular weight excluding hydrogens is 328 g/mol. The highest BCUT2D eigenvalue weighted by molar-refractivity contribution is 7.13. The van der Waals surface area contributed by atoms with E-state index in [0.717, 1.165) is 12.8 Å². The molecule has 0 nitrogen and oxygen atoms in total. The van der Waals surface area contributed by atoms with Crippen LogP contribution in [0.1, 0.15) is 11.1 Å². The third kappa shape index (κ3) is 3.35. The summed E-state index contributed by atoms with van der Waals surface area (Å²) in [5.41, 5.74) is 5.54. The Hall–Kier alpha value is -2.16. The molecule has 0 unspecified atom stereocenters. The van der Waals surface area contributed by atoms with Crippen molar-refractivity contribution in [1.82, 2.24) is 0 Å². The normalized spacial score (nSPS) is 10.8. The Balaban J connectivity index is 1.69. The minimum Gasteiger partial charge on any atom is -0.144 e. The number of hydrogen-bond acceptors (Lipinski definition) is 2. The molecule has 2 aromatic carbocycles. The molecule has 0 amide bonds. The zero-order valence-electron chi connectivity index (χ0n) is 13.3. The first-order chi connectivity index (χ1) is 11.9. The Labute approximate surface area is 151 Å². The van der Waals surface area contributed by atoms with Crippen LogP contribution in [0.2, 0.25) is 0 Å². The molecule has 0 saturated heterocycles. The van der Waals surface area contributed by atoms with E-state index in [-0.39, 0.29) is 0 Å². The van der Waals surface area contributed by atoms with E-state index in [2.05, 4.69) is 83.6 Å². The van der Waals surface area contributed by atoms with Crippen molar-refractivity contribution in [3.63, 3.8) is 0 Å². The summed E-state index contributed by atoms with van der Waals surface area (Å²) in [5.74, 6) is 0. The van der Waals surface area contributed by atoms with Gasteiger partial charge in [0.05, 0.1) is 0 Å². The van der Waals surface area contributed by atoms with Crippen LogP contribution >= 0.6 is 22.7 Å². The molecule has 0 N–H and O–H groups in total. The summed E-state index contributed by atoms with van der Waals surface area (Å²) in [7, 11) is 0. The fourth-order valence-corrected chi connectivity index (χ4v) is 4.50. The fourth-order valence-electron chi connectivity index (χ4n) is 2.99. The highest BCUT2D eigenvalue weighted by Gasteiger charge is 2.09. The van der Waals surface area contributed by atoms with Crippen LogP contribution in [0.5, 0.6) is 0 Å². The maximum absolute atomic E-state index is 2.38. The van der Waals surface area contributed by atoms with Crippen LogP contribution in [0, 0.1) is 0 Å². The van der Waals surface area contributed by atoms with Crippen molar-refractivity contribution in [3.05, 3.63) is 94.7 Å². The lowest BCUT2D eigenvalue weighted by atomic mass is 9.96. The zero-order chi connectivity index (χ0) is 16.2. The Morgan fingerprint density at radius 2 is 1.38 bits per heavy atom. The number of aryl methyl sites for hydroxylation is 2. The molecule has 0 fully saturated rings. The number of benzene rings is 2. The van der Waals surface area contributed by atoms with Crippen molar-refractivity contribution in [2.75, 3.05) is 0 Å². The topological polar surface area (TPSA) is 0 Å². The Morgan fingerprint density at radius 3 is 2.08 bits per heavy atom. The molecule has 2 aromatic heterocycles. The average Bonchev–Trinajstić information content (AvgIpc) is 3.34. The van der Waals surface area contributed by atoms with Gasteiger partial charge in [0.2, 0.25) is 0 Å². The first-order valence-corrected chi connectivity index (χ1v) is 9.91. The number of thiophene rings is 2. The van der Waals surface area contributed by atoms with E-state index in [4.69, 9.17) is 0 Å². The summed E-state index contributed by atoms with van der Waals surface area (Å²) in [6.07, 6.45) is 2.14. The molecule has 4 aromatic rings. The standard InChI is InChI=1S/C22H18S2/c1-2-6-17(7-3-1)10-11-18-16-19(21-8-4-14-23-21)12-13-20(18)22-9-5-15-24-22/h1-9,12-16H,10-11H2. The zero-order valence-corrected chi connectivity index (χ0v) is 14.9. The van der Waals surface area contributed by atoms with Crippen LogP contribution in [-0.4, -0.2) is 0 Å². The van der Waals surface area contributed by atoms with Crippen LogP contribution in [0.25, 0.3) is 20.9 Å². The van der Waals surface area contributed by atoms with E-state index in [1.807, 2.05) is 11.3 Å². The van der Waals surface area contributed by atoms with Crippen molar-refractivity contribution in [3.8, 4) is 20.9 Å². The monoisotopic (exact) mass is 346 g/mol. The van der Waals surface area contributed by atoms with Crippen molar-refractivity contribution in [2.24, 2.45) is 0 Å². The molecule has 0 aliphatic rings. The number of hydrogen-bond donors (Lipinski definition) is 0. The summed E-state index contributed by atoms with van der Waals surface area (Å²) in [6.45, 7) is 0. The summed E-state index contributed by atoms with van der Waals surface area (Å²) in [5, 5.41) is 4.30. The van der Waals surface area contributed by atoms with Gasteiger partial charge in [-0.15, -0.1) is 22.7 Å². The van der Waals surface area contributed by atoms with Crippen LogP contribution < -0.4 is 0 Å². The maximum Gasteiger partial charge on any atom is 0.0345 e. The molecule has 118 valence electrons. The van der Waals surface area contributed by atoms with Gasteiger partial charge in [-0.25, -0.2) is 0 Å². The van der Waals surface area contributed by atoms with Crippen LogP contribution in [0.3, 0.4) is 0 Å². The van der Waals surface area contributed by atoms with E-state index in [9.17, 15) is 0 Å². The molecule has 0 bridgehead atoms. The molecule has 0 aliphatic heterocycles. The Bertz CT molecular complexity index is 889. The second-order valence-corrected chi connectivity index (χ2v) is 7.71. The molecule has 0 saturated carbocycles. The van der Waals surface area contributed by atoms with E-state index in [1.165, 1.54) is 32.0 Å². The van der Waals surface area contributed by atoms with E-state index >= 15 is 0 Å². The van der Waals surface area contributed by atoms with Crippen molar-refractivity contribution in [2.45, 2.75) is 12.8 Å². The van der Waals surface area contributed by atoms with Crippen molar-refractivity contribution >= 4 is 22.7 Å². The lowest BCUT2D eigenvalue weighted by molar-refractivity contribution is 0.963. The molecule has 0 aliphatic carbocycles. The highest BCUT2D eigenvalue weighted by Crippen LogP contribution is 2.33. The maximum atomic E-state index is 2.38. The van der Waals surface area contributed by atoms with Crippen molar-refractivity contribution < 1.29 is 0 Å². The van der Waals surface area contributed by atoms with Gasteiger partial charge in [-0.1, -0.05) is 54.6 Å². The van der Waals surface area contributed by atoms with Gasteiger partial charge in [-0.05, 0) is 64.1 Å². The quantitative estimate of drug-likeness (QED) is 0.367. The first kappa shape index (κ1) is 15.4. The molecule has 2 heterocycles. The molecule has 0 radical (unpaired) electrons. The van der Waals surface area contributed by atoms with Crippen LogP contribution in [-0.2, 0) is 12.8 Å². The first-order valence-electron chi connectivity index (χ1n) is 8.15. The van der Waals surface area contributed by atoms with Gasteiger partial charge in [0.1, 0.15) is 0 Å². The van der Waals surface area contributed by atoms with E-state index in [0.29, 0.717) is 0 Å². The predicted molar refractivity (Wildman–Crippen MR) is 107 cm³/mol. The van der Waals surface area contributed by atoms with Gasteiger partial charge in [0.25, 0.3) is 0 Å². The summed E-state index contributed by atoms with van der Waals surface area (Å²) >= 11 is 3.62. The van der Waals surface area contributed by atoms with Crippen LogP contribution in [0.4, 0.5) is 0 Å². The predicted octanol–water partition coefficient (Wildman–Crippen LogP) is 6.93. The van der Waals surface area contributed by atoms with E-state index in [1.54, 1.807) is 11.3 Å². The lowest BCUT2D eigenvalue weighted by Crippen LogP contribution is -1.94. The van der Waals surface area contributed by atoms with Gasteiger partial charge in [-0.2, -0.15) is 0 Å². The molecule has 0 atom stereocenters. The Kier molecular flexibility index (Phi) is 4.59. The fraction of sp³-hybridized carbons (Fsp3) is 0.0909. The number of rotatable bonds is 5. The summed E-state index contributed by atoms with van der Waals surface area (Å²) in [6, 6.07) is 26.4. The van der Waals surface area contributed by atoms with E-state index < -0.39 is 0 Å². The highest BCUT2D eigenvalue weighted by atomic mass is 32.1. The van der Waals surface area contributed by atoms with Gasteiger partial charge < -0.3 is 0 Å². The largest absolute Gasteiger partial charge is 0.144 e. The smallest absolute Gasteiger partial charge is 0.0345 e. The Morgan fingerprint density at radius 1 is 0.625 bits per heavy atom. The van der Waals surface area contributed by atoms with Gasteiger partial charge >= 0.3 is 0 Å². The molecule has 4 rings (SSSR count). The molecule has 0 spiro atoms. The summed E-state index contributed by atoms with van der Waals surface area (Å²) < 4.78 is 0. The SMILES string of the molecule is c1ccc(CCc2cc(-c3cccs3)ccc2-c2cccs2)cc1. The lowest BCUT2D eigenvalue weighted by Gasteiger charge is -2.11. The average molecular weight is 347 g/mol. The van der Waals surface area contributed by atoms with Crippen LogP contribution in [0.15, 0.2) is 83.6 Å². The van der Waals surface area contributed by atoms with Gasteiger partial charge in [0.15, 0.2) is 0 Å². The second kappa shape index (κ2) is 7.16. The van der Waals surface area contributed by atoms with Gasteiger partial charge in [0, 0.05) is 9.75 Å². The molecule has 24 heavy (non-hydrogen) atoms.